The minimum atomic E-state index is 0.601. The van der Waals surface area contributed by atoms with Crippen LogP contribution in [0.4, 0.5) is 17.1 Å². The molecule has 10 rings (SSSR count). The number of furan rings is 1. The van der Waals surface area contributed by atoms with E-state index in [2.05, 4.69) is 150 Å². The fourth-order valence-electron chi connectivity index (χ4n) is 7.25. The molecule has 0 aliphatic carbocycles. The van der Waals surface area contributed by atoms with Crippen LogP contribution in [0.25, 0.3) is 77.9 Å². The number of anilines is 3. The largest absolute Gasteiger partial charge is 0.456 e. The quantitative estimate of drug-likeness (QED) is 0.168. The van der Waals surface area contributed by atoms with Crippen LogP contribution in [0.1, 0.15) is 0 Å². The molecule has 0 amide bonds. The van der Waals surface area contributed by atoms with E-state index in [1.165, 1.54) is 22.3 Å². The van der Waals surface area contributed by atoms with Crippen molar-refractivity contribution in [3.63, 3.8) is 0 Å². The maximum absolute atomic E-state index is 6.29. The lowest BCUT2D eigenvalue weighted by Crippen LogP contribution is -2.09. The van der Waals surface area contributed by atoms with Crippen LogP contribution < -0.4 is 4.90 Å². The number of benzene rings is 8. The topological polar surface area (TPSA) is 42.4 Å². The molecule has 0 aliphatic heterocycles. The molecule has 4 heteroatoms. The zero-order chi connectivity index (χ0) is 35.1. The van der Waals surface area contributed by atoms with Gasteiger partial charge in [0.15, 0.2) is 5.58 Å². The van der Waals surface area contributed by atoms with Gasteiger partial charge in [-0.1, -0.05) is 121 Å². The molecule has 0 radical (unpaired) electrons. The summed E-state index contributed by atoms with van der Waals surface area (Å²) in [7, 11) is 0. The first-order chi connectivity index (χ1) is 26.2. The molecule has 0 aliphatic rings. The molecule has 0 unspecified atom stereocenters. The van der Waals surface area contributed by atoms with Crippen LogP contribution in [0.2, 0.25) is 0 Å². The first-order valence-corrected chi connectivity index (χ1v) is 17.8. The standard InChI is InChI=1S/C49H32N2O2/c1-4-10-33(11-5-1)34-16-18-35(19-17-34)36-20-25-41(26-21-36)51(40-14-8-3-9-15-40)42-27-22-37(23-28-42)39-24-29-44-43(32-39)47-45(52-44)30-31-46-48(47)50-49(53-46)38-12-6-2-7-13-38/h1-32H. The summed E-state index contributed by atoms with van der Waals surface area (Å²) in [6.07, 6.45) is 0. The molecule has 4 nitrogen and oxygen atoms in total. The zero-order valence-corrected chi connectivity index (χ0v) is 28.7. The first kappa shape index (κ1) is 30.6. The van der Waals surface area contributed by atoms with E-state index in [9.17, 15) is 0 Å². The zero-order valence-electron chi connectivity index (χ0n) is 28.7. The second kappa shape index (κ2) is 12.9. The Kier molecular flexibility index (Phi) is 7.43. The fourth-order valence-corrected chi connectivity index (χ4v) is 7.25. The Balaban J connectivity index is 0.978. The van der Waals surface area contributed by atoms with Crippen LogP contribution in [-0.4, -0.2) is 4.98 Å². The summed E-state index contributed by atoms with van der Waals surface area (Å²) in [4.78, 5) is 7.23. The van der Waals surface area contributed by atoms with Crippen LogP contribution >= 0.6 is 0 Å². The van der Waals surface area contributed by atoms with Crippen LogP contribution in [0.15, 0.2) is 203 Å². The van der Waals surface area contributed by atoms with Gasteiger partial charge < -0.3 is 13.7 Å². The Bertz CT molecular complexity index is 2840. The van der Waals surface area contributed by atoms with Crippen molar-refractivity contribution >= 4 is 50.1 Å². The number of oxazole rings is 1. The number of aromatic nitrogens is 1. The molecule has 2 aromatic heterocycles. The minimum Gasteiger partial charge on any atom is -0.456 e. The number of rotatable bonds is 7. The Morgan fingerprint density at radius 1 is 0.340 bits per heavy atom. The third-order valence-corrected chi connectivity index (χ3v) is 9.94. The van der Waals surface area contributed by atoms with Crippen molar-refractivity contribution in [2.24, 2.45) is 0 Å². The van der Waals surface area contributed by atoms with Crippen molar-refractivity contribution in [1.82, 2.24) is 4.98 Å². The molecule has 0 bridgehead atoms. The molecule has 0 saturated heterocycles. The minimum absolute atomic E-state index is 0.601. The van der Waals surface area contributed by atoms with Crippen molar-refractivity contribution in [3.8, 4) is 44.8 Å². The predicted octanol–water partition coefficient (Wildman–Crippen LogP) is 13.9. The third-order valence-electron chi connectivity index (χ3n) is 9.94. The highest BCUT2D eigenvalue weighted by Gasteiger charge is 2.18. The third kappa shape index (κ3) is 5.63. The molecule has 2 heterocycles. The van der Waals surface area contributed by atoms with Gasteiger partial charge in [0.05, 0.1) is 5.39 Å². The maximum Gasteiger partial charge on any atom is 0.227 e. The van der Waals surface area contributed by atoms with E-state index in [1.54, 1.807) is 0 Å². The second-order valence-electron chi connectivity index (χ2n) is 13.2. The summed E-state index contributed by atoms with van der Waals surface area (Å²) in [6, 6.07) is 67.7. The smallest absolute Gasteiger partial charge is 0.227 e. The van der Waals surface area contributed by atoms with Gasteiger partial charge in [-0.15, -0.1) is 0 Å². The van der Waals surface area contributed by atoms with Gasteiger partial charge in [-0.2, -0.15) is 0 Å². The molecule has 250 valence electrons. The van der Waals surface area contributed by atoms with Gasteiger partial charge in [0, 0.05) is 28.0 Å². The van der Waals surface area contributed by atoms with E-state index in [4.69, 9.17) is 13.8 Å². The highest BCUT2D eigenvalue weighted by atomic mass is 16.4. The van der Waals surface area contributed by atoms with E-state index in [-0.39, 0.29) is 0 Å². The summed E-state index contributed by atoms with van der Waals surface area (Å²) in [5.74, 6) is 0.601. The number of para-hydroxylation sites is 1. The Morgan fingerprint density at radius 3 is 1.38 bits per heavy atom. The highest BCUT2D eigenvalue weighted by molar-refractivity contribution is 6.17. The predicted molar refractivity (Wildman–Crippen MR) is 218 cm³/mol. The van der Waals surface area contributed by atoms with Crippen LogP contribution in [0.3, 0.4) is 0 Å². The fraction of sp³-hybridized carbons (Fsp3) is 0. The van der Waals surface area contributed by atoms with Gasteiger partial charge in [-0.05, 0) is 106 Å². The number of hydrogen-bond donors (Lipinski definition) is 0. The molecular formula is C49H32N2O2. The average molecular weight is 681 g/mol. The Labute approximate surface area is 306 Å². The van der Waals surface area contributed by atoms with Gasteiger partial charge in [-0.3, -0.25) is 0 Å². The second-order valence-corrected chi connectivity index (χ2v) is 13.2. The Hall–Kier alpha value is -7.17. The monoisotopic (exact) mass is 680 g/mol. The maximum atomic E-state index is 6.29. The molecule has 0 spiro atoms. The van der Waals surface area contributed by atoms with Crippen molar-refractivity contribution in [3.05, 3.63) is 194 Å². The molecular weight excluding hydrogens is 649 g/mol. The van der Waals surface area contributed by atoms with Gasteiger partial charge in [0.25, 0.3) is 0 Å². The lowest BCUT2D eigenvalue weighted by molar-refractivity contribution is 0.619. The average Bonchev–Trinajstić information content (AvgIpc) is 3.84. The van der Waals surface area contributed by atoms with Crippen molar-refractivity contribution in [2.75, 3.05) is 4.90 Å². The molecule has 0 saturated carbocycles. The number of fused-ring (bicyclic) bond motifs is 5. The summed E-state index contributed by atoms with van der Waals surface area (Å²) < 4.78 is 12.5. The van der Waals surface area contributed by atoms with Crippen molar-refractivity contribution < 1.29 is 8.83 Å². The van der Waals surface area contributed by atoms with Crippen LogP contribution in [0.5, 0.6) is 0 Å². The summed E-state index contributed by atoms with van der Waals surface area (Å²) in [6.45, 7) is 0. The van der Waals surface area contributed by atoms with E-state index in [1.807, 2.05) is 48.5 Å². The van der Waals surface area contributed by atoms with E-state index in [0.717, 1.165) is 66.8 Å². The lowest BCUT2D eigenvalue weighted by atomic mass is 10.00. The Morgan fingerprint density at radius 2 is 0.774 bits per heavy atom. The number of hydrogen-bond acceptors (Lipinski definition) is 4. The summed E-state index contributed by atoms with van der Waals surface area (Å²) >= 11 is 0. The summed E-state index contributed by atoms with van der Waals surface area (Å²) in [5.41, 5.74) is 14.4. The van der Waals surface area contributed by atoms with Crippen molar-refractivity contribution in [2.45, 2.75) is 0 Å². The normalized spacial score (nSPS) is 11.4. The molecule has 8 aromatic carbocycles. The van der Waals surface area contributed by atoms with Gasteiger partial charge >= 0.3 is 0 Å². The van der Waals surface area contributed by atoms with Crippen LogP contribution in [-0.2, 0) is 0 Å². The molecule has 0 atom stereocenters. The van der Waals surface area contributed by atoms with Crippen LogP contribution in [0, 0.1) is 0 Å². The number of nitrogens with zero attached hydrogens (tertiary/aromatic N) is 2. The van der Waals surface area contributed by atoms with Crippen molar-refractivity contribution in [1.29, 1.82) is 0 Å². The summed E-state index contributed by atoms with van der Waals surface area (Å²) in [5, 5.41) is 1.98. The van der Waals surface area contributed by atoms with Gasteiger partial charge in [-0.25, -0.2) is 4.98 Å². The molecule has 10 aromatic rings. The van der Waals surface area contributed by atoms with E-state index in [0.29, 0.717) is 5.89 Å². The van der Waals surface area contributed by atoms with Gasteiger partial charge in [0.1, 0.15) is 16.7 Å². The van der Waals surface area contributed by atoms with Gasteiger partial charge in [0.2, 0.25) is 5.89 Å². The first-order valence-electron chi connectivity index (χ1n) is 17.8. The molecule has 0 N–H and O–H groups in total. The molecule has 0 fully saturated rings. The molecule has 53 heavy (non-hydrogen) atoms. The lowest BCUT2D eigenvalue weighted by Gasteiger charge is -2.26. The SMILES string of the molecule is c1ccc(-c2ccc(-c3ccc(N(c4ccccc4)c4ccc(-c5ccc6oc7ccc8oc(-c9ccccc9)nc8c7c6c5)cc4)cc3)cc2)cc1. The highest BCUT2D eigenvalue weighted by Crippen LogP contribution is 2.40. The van der Waals surface area contributed by atoms with E-state index < -0.39 is 0 Å². The van der Waals surface area contributed by atoms with E-state index >= 15 is 0 Å².